The highest BCUT2D eigenvalue weighted by Gasteiger charge is 2.46. The molecule has 0 radical (unpaired) electrons. The minimum Gasteiger partial charge on any atom is -0.376 e. The molecule has 0 aliphatic carbocycles. The molecule has 0 N–H and O–H groups in total. The summed E-state index contributed by atoms with van der Waals surface area (Å²) in [6.45, 7) is 8.85. The molecule has 0 fully saturated rings. The van der Waals surface area contributed by atoms with Gasteiger partial charge in [-0.05, 0) is 173 Å². The molecule has 12 rings (SSSR count). The molecule has 2 heterocycles. The Morgan fingerprint density at radius 2 is 0.897 bits per heavy atom. The minimum atomic E-state index is -0.144. The topological polar surface area (TPSA) is 9.72 Å². The number of fused-ring (bicyclic) bond motifs is 4. The predicted octanol–water partition coefficient (Wildman–Crippen LogP) is 16.1. The van der Waals surface area contributed by atoms with E-state index in [1.54, 1.807) is 0 Å². The maximum Gasteiger partial charge on any atom is 0.333 e. The highest BCUT2D eigenvalue weighted by Crippen LogP contribution is 2.51. The van der Waals surface area contributed by atoms with E-state index in [-0.39, 0.29) is 6.85 Å². The van der Waals surface area contributed by atoms with E-state index < -0.39 is 0 Å². The van der Waals surface area contributed by atoms with Crippen LogP contribution in [0.15, 0.2) is 231 Å². The SMILES string of the molecule is Cc1cc(C)c(-c2cc3c4c(c2)N(c2ccccc2C)c2cc(-c5ccccc5)ccc2B4N(c2ccc(-c4ccccc4)cc2)c2ccc(N(c4ccccc4)c4ccccc4)cc2-3)c(C)c1. The van der Waals surface area contributed by atoms with Crippen LogP contribution in [0.3, 0.4) is 0 Å². The minimum absolute atomic E-state index is 0.144. The van der Waals surface area contributed by atoms with Crippen LogP contribution < -0.4 is 25.5 Å². The number of para-hydroxylation sites is 3. The van der Waals surface area contributed by atoms with Gasteiger partial charge in [0.2, 0.25) is 0 Å². The van der Waals surface area contributed by atoms with E-state index in [1.807, 2.05) is 0 Å². The summed E-state index contributed by atoms with van der Waals surface area (Å²) in [6, 6.07) is 85.1. The Morgan fingerprint density at radius 1 is 0.353 bits per heavy atom. The van der Waals surface area contributed by atoms with Crippen LogP contribution in [-0.4, -0.2) is 6.85 Å². The van der Waals surface area contributed by atoms with E-state index in [1.165, 1.54) is 100 Å². The number of hydrogen-bond donors (Lipinski definition) is 0. The lowest BCUT2D eigenvalue weighted by molar-refractivity contribution is 1.24. The normalized spacial score (nSPS) is 12.3. The van der Waals surface area contributed by atoms with E-state index in [0.29, 0.717) is 0 Å². The summed E-state index contributed by atoms with van der Waals surface area (Å²) in [7, 11) is 0. The lowest BCUT2D eigenvalue weighted by atomic mass is 9.43. The van der Waals surface area contributed by atoms with Gasteiger partial charge in [-0.3, -0.25) is 0 Å². The zero-order valence-electron chi connectivity index (χ0n) is 38.9. The summed E-state index contributed by atoms with van der Waals surface area (Å²) < 4.78 is 0. The first-order valence-corrected chi connectivity index (χ1v) is 23.7. The molecule has 68 heavy (non-hydrogen) atoms. The Balaban J connectivity index is 1.19. The molecule has 2 aliphatic heterocycles. The first kappa shape index (κ1) is 41.1. The van der Waals surface area contributed by atoms with E-state index in [4.69, 9.17) is 0 Å². The monoisotopic (exact) mass is 871 g/mol. The van der Waals surface area contributed by atoms with Gasteiger partial charge in [0.1, 0.15) is 0 Å². The van der Waals surface area contributed by atoms with Gasteiger partial charge in [0.05, 0.1) is 0 Å². The van der Waals surface area contributed by atoms with Crippen molar-refractivity contribution in [2.24, 2.45) is 0 Å². The molecule has 324 valence electrons. The molecule has 0 amide bonds. The van der Waals surface area contributed by atoms with Crippen molar-refractivity contribution >= 4 is 63.3 Å². The summed E-state index contributed by atoms with van der Waals surface area (Å²) in [4.78, 5) is 7.57. The van der Waals surface area contributed by atoms with Gasteiger partial charge in [-0.2, -0.15) is 0 Å². The predicted molar refractivity (Wildman–Crippen MR) is 290 cm³/mol. The van der Waals surface area contributed by atoms with Crippen molar-refractivity contribution in [2.75, 3.05) is 14.6 Å². The van der Waals surface area contributed by atoms with Crippen molar-refractivity contribution in [2.45, 2.75) is 27.7 Å². The third-order valence-corrected chi connectivity index (χ3v) is 14.0. The fourth-order valence-electron chi connectivity index (χ4n) is 11.1. The molecule has 0 atom stereocenters. The van der Waals surface area contributed by atoms with Crippen LogP contribution in [0.5, 0.6) is 0 Å². The van der Waals surface area contributed by atoms with Crippen LogP contribution >= 0.6 is 0 Å². The highest BCUT2D eigenvalue weighted by molar-refractivity contribution is 6.93. The zero-order valence-corrected chi connectivity index (χ0v) is 38.9. The smallest absolute Gasteiger partial charge is 0.333 e. The van der Waals surface area contributed by atoms with Crippen molar-refractivity contribution in [1.29, 1.82) is 0 Å². The fraction of sp³-hybridized carbons (Fsp3) is 0.0625. The molecule has 10 aromatic rings. The molecule has 0 saturated carbocycles. The standard InChI is InChI=1S/C64H50BN3/c1-43-37-45(3)63(46(4)38-43)51-39-57-56-42-55(66(52-24-13-7-14-25-52)53-26-15-8-16-27-53)34-36-60(56)68(54-32-29-49(30-33-54)47-20-9-5-10-21-47)65-58-35-31-50(48-22-11-6-12-23-48)40-61(58)67(62(41-51)64(57)65)59-28-18-17-19-44(59)2/h5-42H,1-4H3. The molecule has 4 heteroatoms. The second kappa shape index (κ2) is 16.8. The number of anilines is 8. The molecule has 0 saturated heterocycles. The summed E-state index contributed by atoms with van der Waals surface area (Å²) in [6.07, 6.45) is 0. The third-order valence-electron chi connectivity index (χ3n) is 14.0. The average molecular weight is 872 g/mol. The van der Waals surface area contributed by atoms with Crippen LogP contribution in [0.25, 0.3) is 44.5 Å². The highest BCUT2D eigenvalue weighted by atomic mass is 15.2. The molecule has 2 aliphatic rings. The third kappa shape index (κ3) is 7.00. The average Bonchev–Trinajstić information content (AvgIpc) is 3.38. The Labute approximate surface area is 401 Å². The van der Waals surface area contributed by atoms with Crippen molar-refractivity contribution in [1.82, 2.24) is 0 Å². The van der Waals surface area contributed by atoms with Gasteiger partial charge in [-0.15, -0.1) is 0 Å². The Morgan fingerprint density at radius 3 is 1.53 bits per heavy atom. The molecule has 0 bridgehead atoms. The zero-order chi connectivity index (χ0) is 45.9. The second-order valence-corrected chi connectivity index (χ2v) is 18.4. The van der Waals surface area contributed by atoms with Gasteiger partial charge in [0.25, 0.3) is 0 Å². The van der Waals surface area contributed by atoms with Crippen molar-refractivity contribution in [3.8, 4) is 44.5 Å². The quantitative estimate of drug-likeness (QED) is 0.141. The second-order valence-electron chi connectivity index (χ2n) is 18.4. The van der Waals surface area contributed by atoms with Crippen LogP contribution in [0, 0.1) is 27.7 Å². The van der Waals surface area contributed by atoms with Gasteiger partial charge < -0.3 is 14.6 Å². The van der Waals surface area contributed by atoms with Crippen molar-refractivity contribution in [3.63, 3.8) is 0 Å². The number of aryl methyl sites for hydroxylation is 4. The molecule has 0 spiro atoms. The number of rotatable bonds is 8. The first-order valence-electron chi connectivity index (χ1n) is 23.7. The number of benzene rings is 10. The Kier molecular flexibility index (Phi) is 10.2. The van der Waals surface area contributed by atoms with Crippen LogP contribution in [-0.2, 0) is 0 Å². The first-order chi connectivity index (χ1) is 33.4. The summed E-state index contributed by atoms with van der Waals surface area (Å²) in [5, 5.41) is 0. The maximum atomic E-state index is 2.62. The fourth-order valence-corrected chi connectivity index (χ4v) is 11.1. The van der Waals surface area contributed by atoms with Gasteiger partial charge in [0, 0.05) is 51.1 Å². The molecule has 0 aromatic heterocycles. The summed E-state index contributed by atoms with van der Waals surface area (Å²) in [5.74, 6) is 0. The number of hydrogen-bond acceptors (Lipinski definition) is 3. The van der Waals surface area contributed by atoms with E-state index >= 15 is 0 Å². The van der Waals surface area contributed by atoms with Crippen molar-refractivity contribution in [3.05, 3.63) is 253 Å². The van der Waals surface area contributed by atoms with Gasteiger partial charge in [-0.1, -0.05) is 157 Å². The van der Waals surface area contributed by atoms with Gasteiger partial charge in [-0.25, -0.2) is 0 Å². The van der Waals surface area contributed by atoms with E-state index in [0.717, 1.165) is 22.7 Å². The molecule has 0 unspecified atom stereocenters. The molecule has 10 aromatic carbocycles. The summed E-state index contributed by atoms with van der Waals surface area (Å²) >= 11 is 0. The lowest BCUT2D eigenvalue weighted by Gasteiger charge is -2.46. The van der Waals surface area contributed by atoms with Crippen molar-refractivity contribution < 1.29 is 0 Å². The maximum absolute atomic E-state index is 2.62. The Hall–Kier alpha value is -8.34. The van der Waals surface area contributed by atoms with Gasteiger partial charge in [0.15, 0.2) is 0 Å². The number of nitrogens with zero attached hydrogens (tertiary/aromatic N) is 3. The molecular formula is C64H50BN3. The summed E-state index contributed by atoms with van der Waals surface area (Å²) in [5.41, 5.74) is 26.5. The van der Waals surface area contributed by atoms with E-state index in [2.05, 4.69) is 273 Å². The molecule has 3 nitrogen and oxygen atoms in total. The Bertz CT molecular complexity index is 3430. The molecular weight excluding hydrogens is 822 g/mol. The van der Waals surface area contributed by atoms with Crippen LogP contribution in [0.2, 0.25) is 0 Å². The van der Waals surface area contributed by atoms with Gasteiger partial charge >= 0.3 is 6.85 Å². The largest absolute Gasteiger partial charge is 0.376 e. The van der Waals surface area contributed by atoms with Crippen LogP contribution in [0.1, 0.15) is 22.3 Å². The van der Waals surface area contributed by atoms with E-state index in [9.17, 15) is 0 Å². The lowest BCUT2D eigenvalue weighted by Crippen LogP contribution is -2.61. The van der Waals surface area contributed by atoms with Crippen LogP contribution in [0.4, 0.5) is 45.5 Å².